The Morgan fingerprint density at radius 1 is 1.22 bits per heavy atom. The van der Waals surface area contributed by atoms with Crippen LogP contribution in [0, 0.1) is 5.82 Å². The summed E-state index contributed by atoms with van der Waals surface area (Å²) in [6, 6.07) is 12.5. The van der Waals surface area contributed by atoms with Gasteiger partial charge in [-0.25, -0.2) is 4.39 Å². The van der Waals surface area contributed by atoms with E-state index < -0.39 is 27.9 Å². The fourth-order valence-corrected chi connectivity index (χ4v) is 2.59. The first-order valence-corrected chi connectivity index (χ1v) is 9.70. The van der Waals surface area contributed by atoms with E-state index in [1.54, 1.807) is 61.3 Å². The summed E-state index contributed by atoms with van der Waals surface area (Å²) >= 11 is 0. The van der Waals surface area contributed by atoms with Crippen LogP contribution in [0.3, 0.4) is 0 Å². The predicted molar refractivity (Wildman–Crippen MR) is 99.6 cm³/mol. The van der Waals surface area contributed by atoms with Crippen LogP contribution in [0.4, 0.5) is 10.1 Å². The molecule has 0 aliphatic rings. The Labute approximate surface area is 157 Å². The van der Waals surface area contributed by atoms with Crippen molar-refractivity contribution in [1.29, 1.82) is 0 Å². The van der Waals surface area contributed by atoms with Gasteiger partial charge in [-0.15, -0.1) is 0 Å². The van der Waals surface area contributed by atoms with Crippen LogP contribution in [0.25, 0.3) is 0 Å². The molecule has 0 bridgehead atoms. The lowest BCUT2D eigenvalue weighted by Gasteiger charge is -2.26. The maximum atomic E-state index is 13.6. The van der Waals surface area contributed by atoms with E-state index in [1.165, 1.54) is 6.07 Å². The van der Waals surface area contributed by atoms with E-state index in [4.69, 9.17) is 9.29 Å². The molecule has 0 saturated heterocycles. The first-order valence-electron chi connectivity index (χ1n) is 8.09. The monoisotopic (exact) mass is 396 g/mol. The molecule has 146 valence electrons. The van der Waals surface area contributed by atoms with Crippen molar-refractivity contribution in [3.63, 3.8) is 0 Å². The van der Waals surface area contributed by atoms with Gasteiger partial charge < -0.3 is 15.0 Å². The third-order valence-corrected chi connectivity index (χ3v) is 4.49. The van der Waals surface area contributed by atoms with Crippen LogP contribution in [0.15, 0.2) is 48.5 Å². The molecule has 7 nitrogen and oxygen atoms in total. The molecule has 0 fully saturated rings. The van der Waals surface area contributed by atoms with Crippen molar-refractivity contribution in [1.82, 2.24) is 5.32 Å². The molecule has 2 rings (SSSR count). The average molecular weight is 396 g/mol. The summed E-state index contributed by atoms with van der Waals surface area (Å²) in [5, 5.41) is 2.15. The van der Waals surface area contributed by atoms with E-state index in [0.717, 1.165) is 0 Å². The van der Waals surface area contributed by atoms with Crippen LogP contribution in [0.1, 0.15) is 12.5 Å². The van der Waals surface area contributed by atoms with Gasteiger partial charge in [-0.3, -0.25) is 9.35 Å². The van der Waals surface area contributed by atoms with Crippen molar-refractivity contribution in [3.05, 3.63) is 59.9 Å². The molecule has 1 atom stereocenters. The number of hydrogen-bond acceptors (Lipinski definition) is 5. The zero-order chi connectivity index (χ0) is 20.0. The highest BCUT2D eigenvalue weighted by Crippen LogP contribution is 2.21. The highest BCUT2D eigenvalue weighted by atomic mass is 32.2. The first-order chi connectivity index (χ1) is 12.7. The van der Waals surface area contributed by atoms with E-state index in [0.29, 0.717) is 17.0 Å². The Balaban J connectivity index is 1.95. The van der Waals surface area contributed by atoms with Gasteiger partial charge >= 0.3 is 0 Å². The average Bonchev–Trinajstić information content (AvgIpc) is 2.64. The summed E-state index contributed by atoms with van der Waals surface area (Å²) in [6.45, 7) is 1.69. The number of ether oxygens (including phenoxy) is 1. The third kappa shape index (κ3) is 6.22. The molecule has 0 aliphatic heterocycles. The smallest absolute Gasteiger partial charge is 0.283 e. The predicted octanol–water partition coefficient (Wildman–Crippen LogP) is 2.19. The lowest BCUT2D eigenvalue weighted by atomic mass is 10.2. The number of carbonyl (C=O) groups excluding carboxylic acids is 1. The number of nitrogens with one attached hydrogen (secondary N) is 1. The number of hydrogen-bond donors (Lipinski definition) is 2. The highest BCUT2D eigenvalue weighted by Gasteiger charge is 2.20. The SMILES string of the molecule is C[C@@H](C(=O)NCS(=O)(=O)O)N(C)c1ccc(OCc2ccccc2F)cc1. The molecule has 0 unspecified atom stereocenters. The van der Waals surface area contributed by atoms with Crippen LogP contribution in [-0.4, -0.2) is 37.8 Å². The number of carbonyl (C=O) groups is 1. The highest BCUT2D eigenvalue weighted by molar-refractivity contribution is 7.85. The van der Waals surface area contributed by atoms with E-state index in [9.17, 15) is 17.6 Å². The maximum absolute atomic E-state index is 13.6. The van der Waals surface area contributed by atoms with Crippen molar-refractivity contribution >= 4 is 21.7 Å². The van der Waals surface area contributed by atoms with E-state index in [2.05, 4.69) is 5.32 Å². The fraction of sp³-hybridized carbons (Fsp3) is 0.278. The summed E-state index contributed by atoms with van der Waals surface area (Å²) in [4.78, 5) is 13.6. The number of anilines is 1. The standard InChI is InChI=1S/C18H21FN2O5S/c1-13(18(22)20-12-27(23,24)25)21(2)15-7-9-16(10-8-15)26-11-14-5-3-4-6-17(14)19/h3-10,13H,11-12H2,1-2H3,(H,20,22)(H,23,24,25)/t13-/m0/s1. The Kier molecular flexibility index (Phi) is 6.75. The Hall–Kier alpha value is -2.65. The molecule has 9 heteroatoms. The van der Waals surface area contributed by atoms with Crippen LogP contribution in [0.2, 0.25) is 0 Å². The summed E-state index contributed by atoms with van der Waals surface area (Å²) in [5.74, 6) is -1.18. The minimum absolute atomic E-state index is 0.0936. The molecule has 0 aromatic heterocycles. The van der Waals surface area contributed by atoms with Gasteiger partial charge in [-0.05, 0) is 37.3 Å². The minimum atomic E-state index is -4.27. The fourth-order valence-electron chi connectivity index (χ4n) is 2.26. The van der Waals surface area contributed by atoms with Gasteiger partial charge in [0.2, 0.25) is 5.91 Å². The number of benzene rings is 2. The molecule has 0 saturated carbocycles. The number of rotatable bonds is 8. The summed E-state index contributed by atoms with van der Waals surface area (Å²) < 4.78 is 49.3. The number of amides is 1. The summed E-state index contributed by atoms with van der Waals surface area (Å²) in [5.41, 5.74) is 1.14. The molecule has 0 heterocycles. The van der Waals surface area contributed by atoms with Crippen molar-refractivity contribution in [3.8, 4) is 5.75 Å². The molecule has 1 amide bonds. The van der Waals surface area contributed by atoms with Crippen LogP contribution in [0.5, 0.6) is 5.75 Å². The quantitative estimate of drug-likeness (QED) is 0.664. The Morgan fingerprint density at radius 2 is 1.85 bits per heavy atom. The van der Waals surface area contributed by atoms with E-state index >= 15 is 0 Å². The topological polar surface area (TPSA) is 95.9 Å². The Morgan fingerprint density at radius 3 is 2.44 bits per heavy atom. The maximum Gasteiger partial charge on any atom is 0.283 e. The zero-order valence-electron chi connectivity index (χ0n) is 14.9. The second kappa shape index (κ2) is 8.83. The van der Waals surface area contributed by atoms with Gasteiger partial charge in [0.15, 0.2) is 0 Å². The van der Waals surface area contributed by atoms with Gasteiger partial charge in [-0.1, -0.05) is 18.2 Å². The molecule has 2 aromatic rings. The normalized spacial score (nSPS) is 12.3. The second-order valence-electron chi connectivity index (χ2n) is 5.93. The van der Waals surface area contributed by atoms with Gasteiger partial charge in [0.25, 0.3) is 10.1 Å². The second-order valence-corrected chi connectivity index (χ2v) is 7.38. The molecule has 2 N–H and O–H groups in total. The molecule has 0 radical (unpaired) electrons. The van der Waals surface area contributed by atoms with Crippen molar-refractivity contribution in [2.75, 3.05) is 17.8 Å². The van der Waals surface area contributed by atoms with E-state index in [-0.39, 0.29) is 12.4 Å². The van der Waals surface area contributed by atoms with Gasteiger partial charge in [0.05, 0.1) is 0 Å². The van der Waals surface area contributed by atoms with Crippen LogP contribution in [-0.2, 0) is 21.5 Å². The van der Waals surface area contributed by atoms with Crippen LogP contribution < -0.4 is 15.0 Å². The molecule has 0 spiro atoms. The lowest BCUT2D eigenvalue weighted by molar-refractivity contribution is -0.121. The third-order valence-electron chi connectivity index (χ3n) is 3.99. The van der Waals surface area contributed by atoms with E-state index in [1.807, 2.05) is 0 Å². The first kappa shape index (κ1) is 20.7. The molecule has 2 aromatic carbocycles. The number of likely N-dealkylation sites (N-methyl/N-ethyl adjacent to an activating group) is 1. The molecule has 27 heavy (non-hydrogen) atoms. The molecular weight excluding hydrogens is 375 g/mol. The Bertz CT molecular complexity index is 887. The van der Waals surface area contributed by atoms with Gasteiger partial charge in [-0.2, -0.15) is 8.42 Å². The number of nitrogens with zero attached hydrogens (tertiary/aromatic N) is 1. The van der Waals surface area contributed by atoms with Crippen LogP contribution >= 0.6 is 0 Å². The lowest BCUT2D eigenvalue weighted by Crippen LogP contribution is -2.44. The molecule has 0 aliphatic carbocycles. The zero-order valence-corrected chi connectivity index (χ0v) is 15.7. The van der Waals surface area contributed by atoms with Crippen molar-refractivity contribution < 1.29 is 26.9 Å². The minimum Gasteiger partial charge on any atom is -0.489 e. The summed E-state index contributed by atoms with van der Waals surface area (Å²) in [7, 11) is -2.60. The summed E-state index contributed by atoms with van der Waals surface area (Å²) in [6.07, 6.45) is 0. The van der Waals surface area contributed by atoms with Crippen molar-refractivity contribution in [2.24, 2.45) is 0 Å². The van der Waals surface area contributed by atoms with Gasteiger partial charge in [0, 0.05) is 18.3 Å². The van der Waals surface area contributed by atoms with Gasteiger partial charge in [0.1, 0.15) is 30.1 Å². The van der Waals surface area contributed by atoms with Crippen molar-refractivity contribution in [2.45, 2.75) is 19.6 Å². The number of halogens is 1. The largest absolute Gasteiger partial charge is 0.489 e. The molecular formula is C18H21FN2O5S.